The molecular weight excluding hydrogens is 271 g/mol. The predicted molar refractivity (Wildman–Crippen MR) is 77.6 cm³/mol. The fourth-order valence-corrected chi connectivity index (χ4v) is 3.38. The summed E-state index contributed by atoms with van der Waals surface area (Å²) in [6.45, 7) is 4.39. The Labute approximate surface area is 124 Å². The Hall–Kier alpha value is -1.62. The number of hydrogen-bond donors (Lipinski definition) is 0. The molecule has 1 aromatic rings. The highest BCUT2D eigenvalue weighted by Crippen LogP contribution is 2.27. The molecule has 2 aliphatic rings. The first kappa shape index (κ1) is 14.3. The molecule has 3 rings (SSSR count). The van der Waals surface area contributed by atoms with Gasteiger partial charge in [0.1, 0.15) is 0 Å². The zero-order valence-electron chi connectivity index (χ0n) is 12.5. The maximum atomic E-state index is 13.5. The summed E-state index contributed by atoms with van der Waals surface area (Å²) in [5.41, 5.74) is 0.972. The summed E-state index contributed by atoms with van der Waals surface area (Å²) in [5.74, 6) is 0.120. The maximum absolute atomic E-state index is 13.5. The molecular formula is C16H21FN2O2. The van der Waals surface area contributed by atoms with Gasteiger partial charge in [0.2, 0.25) is 5.91 Å². The molecule has 2 aliphatic heterocycles. The Balaban J connectivity index is 1.76. The van der Waals surface area contributed by atoms with Gasteiger partial charge in [-0.3, -0.25) is 9.69 Å². The van der Waals surface area contributed by atoms with E-state index in [1.165, 1.54) is 13.2 Å². The van der Waals surface area contributed by atoms with Crippen molar-refractivity contribution in [3.63, 3.8) is 0 Å². The molecule has 2 atom stereocenters. The number of amides is 1. The molecule has 4 nitrogen and oxygen atoms in total. The lowest BCUT2D eigenvalue weighted by atomic mass is 10.1. The first-order valence-corrected chi connectivity index (χ1v) is 7.47. The van der Waals surface area contributed by atoms with Crippen molar-refractivity contribution in [2.75, 3.05) is 20.2 Å². The SMILES string of the molecule is COc1cc(CN2C[C@H]3CCCN3C(=O)[C@@H]2C)ccc1F. The highest BCUT2D eigenvalue weighted by Gasteiger charge is 2.39. The second-order valence-corrected chi connectivity index (χ2v) is 5.90. The second kappa shape index (κ2) is 5.64. The molecule has 5 heteroatoms. The quantitative estimate of drug-likeness (QED) is 0.854. The zero-order valence-corrected chi connectivity index (χ0v) is 12.5. The van der Waals surface area contributed by atoms with Crippen LogP contribution in [0.5, 0.6) is 5.75 Å². The third kappa shape index (κ3) is 2.62. The van der Waals surface area contributed by atoms with E-state index < -0.39 is 0 Å². The van der Waals surface area contributed by atoms with Gasteiger partial charge >= 0.3 is 0 Å². The lowest BCUT2D eigenvalue weighted by molar-refractivity contribution is -0.143. The van der Waals surface area contributed by atoms with Crippen LogP contribution in [0.25, 0.3) is 0 Å². The van der Waals surface area contributed by atoms with Crippen molar-refractivity contribution < 1.29 is 13.9 Å². The minimum atomic E-state index is -0.356. The summed E-state index contributed by atoms with van der Waals surface area (Å²) in [7, 11) is 1.46. The number of benzene rings is 1. The fraction of sp³-hybridized carbons (Fsp3) is 0.562. The normalized spacial score (nSPS) is 26.0. The highest BCUT2D eigenvalue weighted by molar-refractivity contribution is 5.83. The average molecular weight is 292 g/mol. The standard InChI is InChI=1S/C16H21FN2O2/c1-11-16(20)19-7-3-4-13(19)10-18(11)9-12-5-6-14(17)15(8-12)21-2/h5-6,8,11,13H,3-4,7,9-10H2,1-2H3/t11-,13+/m0/s1. The van der Waals surface area contributed by atoms with Gasteiger partial charge in [0, 0.05) is 25.7 Å². The van der Waals surface area contributed by atoms with Gasteiger partial charge in [-0.1, -0.05) is 6.07 Å². The smallest absolute Gasteiger partial charge is 0.239 e. The average Bonchev–Trinajstić information content (AvgIpc) is 2.94. The molecule has 1 aromatic carbocycles. The number of halogens is 1. The molecule has 1 amide bonds. The summed E-state index contributed by atoms with van der Waals surface area (Å²) in [4.78, 5) is 16.6. The van der Waals surface area contributed by atoms with E-state index >= 15 is 0 Å². The number of piperazine rings is 1. The molecule has 0 N–H and O–H groups in total. The van der Waals surface area contributed by atoms with E-state index in [0.29, 0.717) is 12.6 Å². The largest absolute Gasteiger partial charge is 0.494 e. The van der Waals surface area contributed by atoms with Crippen LogP contribution in [0.1, 0.15) is 25.3 Å². The molecule has 114 valence electrons. The molecule has 0 bridgehead atoms. The molecule has 0 spiro atoms. The summed E-state index contributed by atoms with van der Waals surface area (Å²) in [6.07, 6.45) is 2.18. The van der Waals surface area contributed by atoms with Crippen LogP contribution in [-0.2, 0) is 11.3 Å². The van der Waals surface area contributed by atoms with Crippen molar-refractivity contribution in [1.29, 1.82) is 0 Å². The molecule has 0 radical (unpaired) electrons. The monoisotopic (exact) mass is 292 g/mol. The summed E-state index contributed by atoms with van der Waals surface area (Å²) < 4.78 is 18.5. The third-order valence-electron chi connectivity index (χ3n) is 4.61. The first-order valence-electron chi connectivity index (χ1n) is 7.47. The maximum Gasteiger partial charge on any atom is 0.239 e. The number of rotatable bonds is 3. The molecule has 0 aromatic heterocycles. The van der Waals surface area contributed by atoms with Crippen LogP contribution in [0.15, 0.2) is 18.2 Å². The number of carbonyl (C=O) groups is 1. The summed E-state index contributed by atoms with van der Waals surface area (Å²) in [5, 5.41) is 0. The van der Waals surface area contributed by atoms with Crippen molar-refractivity contribution in [2.45, 2.75) is 38.4 Å². The molecule has 2 heterocycles. The van der Waals surface area contributed by atoms with Gasteiger partial charge < -0.3 is 9.64 Å². The van der Waals surface area contributed by atoms with Crippen LogP contribution in [0.2, 0.25) is 0 Å². The summed E-state index contributed by atoms with van der Waals surface area (Å²) in [6, 6.07) is 5.13. The minimum Gasteiger partial charge on any atom is -0.494 e. The molecule has 2 saturated heterocycles. The van der Waals surface area contributed by atoms with E-state index in [1.54, 1.807) is 12.1 Å². The minimum absolute atomic E-state index is 0.115. The van der Waals surface area contributed by atoms with E-state index in [-0.39, 0.29) is 23.5 Å². The van der Waals surface area contributed by atoms with Crippen molar-refractivity contribution >= 4 is 5.91 Å². The number of methoxy groups -OCH3 is 1. The predicted octanol–water partition coefficient (Wildman–Crippen LogP) is 2.03. The Morgan fingerprint density at radius 3 is 3.00 bits per heavy atom. The van der Waals surface area contributed by atoms with Gasteiger partial charge in [-0.2, -0.15) is 0 Å². The zero-order chi connectivity index (χ0) is 15.0. The van der Waals surface area contributed by atoms with Crippen LogP contribution in [0.3, 0.4) is 0 Å². The van der Waals surface area contributed by atoms with Crippen LogP contribution in [0, 0.1) is 5.82 Å². The number of nitrogens with zero attached hydrogens (tertiary/aromatic N) is 2. The lowest BCUT2D eigenvalue weighted by Crippen LogP contribution is -2.58. The Morgan fingerprint density at radius 2 is 2.24 bits per heavy atom. The first-order chi connectivity index (χ1) is 10.1. The van der Waals surface area contributed by atoms with Crippen LogP contribution < -0.4 is 4.74 Å². The van der Waals surface area contributed by atoms with Gasteiger partial charge in [0.15, 0.2) is 11.6 Å². The fourth-order valence-electron chi connectivity index (χ4n) is 3.38. The highest BCUT2D eigenvalue weighted by atomic mass is 19.1. The van der Waals surface area contributed by atoms with E-state index in [9.17, 15) is 9.18 Å². The van der Waals surface area contributed by atoms with Gasteiger partial charge in [-0.15, -0.1) is 0 Å². The number of ether oxygens (including phenoxy) is 1. The molecule has 0 saturated carbocycles. The van der Waals surface area contributed by atoms with E-state index in [1.807, 2.05) is 11.8 Å². The Kier molecular flexibility index (Phi) is 3.85. The second-order valence-electron chi connectivity index (χ2n) is 5.90. The number of carbonyl (C=O) groups excluding carboxylic acids is 1. The topological polar surface area (TPSA) is 32.8 Å². The van der Waals surface area contributed by atoms with Crippen LogP contribution >= 0.6 is 0 Å². The van der Waals surface area contributed by atoms with Crippen molar-refractivity contribution in [3.8, 4) is 5.75 Å². The number of fused-ring (bicyclic) bond motifs is 1. The van der Waals surface area contributed by atoms with Crippen LogP contribution in [0.4, 0.5) is 4.39 Å². The lowest BCUT2D eigenvalue weighted by Gasteiger charge is -2.41. The van der Waals surface area contributed by atoms with Gasteiger partial charge in [0.25, 0.3) is 0 Å². The van der Waals surface area contributed by atoms with E-state index in [0.717, 1.165) is 31.5 Å². The van der Waals surface area contributed by atoms with Gasteiger partial charge in [0.05, 0.1) is 13.2 Å². The van der Waals surface area contributed by atoms with E-state index in [2.05, 4.69) is 4.90 Å². The van der Waals surface area contributed by atoms with Gasteiger partial charge in [-0.25, -0.2) is 4.39 Å². The Morgan fingerprint density at radius 1 is 1.43 bits per heavy atom. The van der Waals surface area contributed by atoms with Crippen molar-refractivity contribution in [3.05, 3.63) is 29.6 Å². The summed E-state index contributed by atoms with van der Waals surface area (Å²) >= 11 is 0. The molecule has 2 fully saturated rings. The third-order valence-corrected chi connectivity index (χ3v) is 4.61. The van der Waals surface area contributed by atoms with Gasteiger partial charge in [-0.05, 0) is 37.5 Å². The van der Waals surface area contributed by atoms with Crippen LogP contribution in [-0.4, -0.2) is 48.0 Å². The van der Waals surface area contributed by atoms with E-state index in [4.69, 9.17) is 4.74 Å². The number of hydrogen-bond acceptors (Lipinski definition) is 3. The molecule has 0 unspecified atom stereocenters. The van der Waals surface area contributed by atoms with Crippen molar-refractivity contribution in [2.24, 2.45) is 0 Å². The van der Waals surface area contributed by atoms with Crippen molar-refractivity contribution in [1.82, 2.24) is 9.80 Å². The Bertz CT molecular complexity index is 549. The molecule has 0 aliphatic carbocycles. The molecule has 21 heavy (non-hydrogen) atoms.